The Kier molecular flexibility index (Phi) is 5.05. The number of allylic oxidation sites excluding steroid dienone is 3. The first-order valence-corrected chi connectivity index (χ1v) is 9.53. The number of fused-ring (bicyclic) bond motifs is 1. The fraction of sp³-hybridized carbons (Fsp3) is 0.217. The molecule has 0 saturated heterocycles. The quantitative estimate of drug-likeness (QED) is 0.696. The van der Waals surface area contributed by atoms with Crippen molar-refractivity contribution in [1.82, 2.24) is 19.4 Å². The molecule has 154 valence electrons. The average Bonchev–Trinajstić information content (AvgIpc) is 3.16. The van der Waals surface area contributed by atoms with E-state index in [-0.39, 0.29) is 0 Å². The average molecular weight is 404 g/mol. The van der Waals surface area contributed by atoms with Gasteiger partial charge in [-0.05, 0) is 25.1 Å². The van der Waals surface area contributed by atoms with Crippen molar-refractivity contribution in [1.29, 1.82) is 0 Å². The van der Waals surface area contributed by atoms with E-state index in [1.165, 1.54) is 0 Å². The van der Waals surface area contributed by atoms with Gasteiger partial charge in [0, 0.05) is 42.2 Å². The Balaban J connectivity index is 1.88. The number of ether oxygens (including phenoxy) is 2. The first kappa shape index (κ1) is 19.7. The topological polar surface area (TPSA) is 72.6 Å². The van der Waals surface area contributed by atoms with E-state index in [9.17, 15) is 5.11 Å². The van der Waals surface area contributed by atoms with Gasteiger partial charge in [0.05, 0.1) is 37.1 Å². The van der Waals surface area contributed by atoms with E-state index in [2.05, 4.69) is 11.6 Å². The lowest BCUT2D eigenvalue weighted by Gasteiger charge is -2.21. The minimum Gasteiger partial charge on any atom is -0.493 e. The van der Waals surface area contributed by atoms with Crippen LogP contribution in [0.3, 0.4) is 0 Å². The number of hydrogen-bond acceptors (Lipinski definition) is 6. The fourth-order valence-corrected chi connectivity index (χ4v) is 3.45. The molecule has 1 unspecified atom stereocenters. The maximum absolute atomic E-state index is 10.3. The van der Waals surface area contributed by atoms with Crippen molar-refractivity contribution in [3.05, 3.63) is 72.5 Å². The van der Waals surface area contributed by atoms with Gasteiger partial charge in [-0.15, -0.1) is 0 Å². The SMILES string of the molecule is C=C1C=C(c2nc(-n3cnc4cc(OC)c(OC)cc43)ccc2C(C)O)C=CN1C. The number of aliphatic hydroxyl groups is 1. The number of methoxy groups -OCH3 is 2. The molecule has 30 heavy (non-hydrogen) atoms. The van der Waals surface area contributed by atoms with Crippen LogP contribution in [-0.2, 0) is 0 Å². The van der Waals surface area contributed by atoms with Crippen LogP contribution in [0, 0.1) is 0 Å². The molecule has 7 heteroatoms. The zero-order chi connectivity index (χ0) is 21.4. The van der Waals surface area contributed by atoms with E-state index >= 15 is 0 Å². The minimum atomic E-state index is -0.660. The van der Waals surface area contributed by atoms with Crippen LogP contribution >= 0.6 is 0 Å². The van der Waals surface area contributed by atoms with E-state index in [4.69, 9.17) is 14.5 Å². The van der Waals surface area contributed by atoms with E-state index in [0.717, 1.165) is 27.9 Å². The zero-order valence-electron chi connectivity index (χ0n) is 17.5. The molecule has 0 bridgehead atoms. The number of aromatic nitrogens is 3. The van der Waals surface area contributed by atoms with Crippen molar-refractivity contribution < 1.29 is 14.6 Å². The van der Waals surface area contributed by atoms with Crippen LogP contribution in [0.25, 0.3) is 22.4 Å². The highest BCUT2D eigenvalue weighted by molar-refractivity contribution is 5.82. The second kappa shape index (κ2) is 7.68. The van der Waals surface area contributed by atoms with Crippen molar-refractivity contribution in [2.75, 3.05) is 21.3 Å². The molecule has 0 aliphatic carbocycles. The van der Waals surface area contributed by atoms with Gasteiger partial charge in [-0.2, -0.15) is 0 Å². The number of pyridine rings is 1. The van der Waals surface area contributed by atoms with Gasteiger partial charge in [-0.3, -0.25) is 4.57 Å². The number of imidazole rings is 1. The normalized spacial score (nSPS) is 14.8. The van der Waals surface area contributed by atoms with Crippen LogP contribution in [0.5, 0.6) is 11.5 Å². The minimum absolute atomic E-state index is 0.616. The highest BCUT2D eigenvalue weighted by atomic mass is 16.5. The van der Waals surface area contributed by atoms with Gasteiger partial charge in [-0.25, -0.2) is 9.97 Å². The van der Waals surface area contributed by atoms with Gasteiger partial charge in [-0.1, -0.05) is 12.6 Å². The van der Waals surface area contributed by atoms with E-state index in [1.807, 2.05) is 59.1 Å². The van der Waals surface area contributed by atoms with E-state index in [1.54, 1.807) is 27.5 Å². The van der Waals surface area contributed by atoms with Crippen molar-refractivity contribution in [3.8, 4) is 17.3 Å². The molecule has 0 spiro atoms. The lowest BCUT2D eigenvalue weighted by molar-refractivity contribution is 0.198. The summed E-state index contributed by atoms with van der Waals surface area (Å²) in [6.45, 7) is 5.80. The Bertz CT molecular complexity index is 1190. The van der Waals surface area contributed by atoms with Crippen LogP contribution in [0.15, 0.2) is 61.2 Å². The molecular formula is C23H24N4O3. The molecule has 3 aromatic rings. The lowest BCUT2D eigenvalue weighted by Crippen LogP contribution is -2.12. The Hall–Kier alpha value is -3.58. The van der Waals surface area contributed by atoms with Gasteiger partial charge in [0.1, 0.15) is 12.1 Å². The number of aliphatic hydroxyl groups excluding tert-OH is 1. The molecule has 0 radical (unpaired) electrons. The van der Waals surface area contributed by atoms with Gasteiger partial charge < -0.3 is 19.5 Å². The summed E-state index contributed by atoms with van der Waals surface area (Å²) in [5.74, 6) is 1.92. The predicted octanol–water partition coefficient (Wildman–Crippen LogP) is 3.85. The molecule has 0 saturated carbocycles. The molecule has 7 nitrogen and oxygen atoms in total. The Morgan fingerprint density at radius 1 is 1.13 bits per heavy atom. The van der Waals surface area contributed by atoms with Crippen molar-refractivity contribution in [2.24, 2.45) is 0 Å². The molecule has 1 aliphatic rings. The molecule has 0 fully saturated rings. The van der Waals surface area contributed by atoms with Crippen molar-refractivity contribution in [3.63, 3.8) is 0 Å². The molecule has 1 atom stereocenters. The third-order valence-corrected chi connectivity index (χ3v) is 5.19. The maximum atomic E-state index is 10.3. The number of hydrogen-bond donors (Lipinski definition) is 1. The van der Waals surface area contributed by atoms with E-state index < -0.39 is 6.10 Å². The fourth-order valence-electron chi connectivity index (χ4n) is 3.45. The summed E-state index contributed by atoms with van der Waals surface area (Å²) in [4.78, 5) is 11.3. The summed E-state index contributed by atoms with van der Waals surface area (Å²) in [5.41, 5.74) is 4.79. The second-order valence-corrected chi connectivity index (χ2v) is 7.11. The van der Waals surface area contributed by atoms with Crippen LogP contribution in [-0.4, -0.2) is 45.8 Å². The summed E-state index contributed by atoms with van der Waals surface area (Å²) < 4.78 is 12.7. The van der Waals surface area contributed by atoms with Gasteiger partial charge in [0.25, 0.3) is 0 Å². The van der Waals surface area contributed by atoms with Gasteiger partial charge in [0.15, 0.2) is 11.5 Å². The number of benzene rings is 1. The van der Waals surface area contributed by atoms with Crippen molar-refractivity contribution >= 4 is 16.6 Å². The second-order valence-electron chi connectivity index (χ2n) is 7.11. The van der Waals surface area contributed by atoms with Crippen LogP contribution < -0.4 is 9.47 Å². The molecule has 3 heterocycles. The predicted molar refractivity (Wildman–Crippen MR) is 117 cm³/mol. The largest absolute Gasteiger partial charge is 0.493 e. The third kappa shape index (κ3) is 3.33. The Labute approximate surface area is 175 Å². The summed E-state index contributed by atoms with van der Waals surface area (Å²) in [5, 5.41) is 10.3. The van der Waals surface area contributed by atoms with Crippen LogP contribution in [0.1, 0.15) is 24.3 Å². The monoisotopic (exact) mass is 404 g/mol. The summed E-state index contributed by atoms with van der Waals surface area (Å²) in [6.07, 6.45) is 6.91. The molecule has 1 aromatic carbocycles. The first-order valence-electron chi connectivity index (χ1n) is 9.53. The highest BCUT2D eigenvalue weighted by Gasteiger charge is 2.18. The summed E-state index contributed by atoms with van der Waals surface area (Å²) in [6, 6.07) is 7.48. The molecule has 1 aliphatic heterocycles. The van der Waals surface area contributed by atoms with Crippen molar-refractivity contribution in [2.45, 2.75) is 13.0 Å². The molecular weight excluding hydrogens is 380 g/mol. The molecule has 0 amide bonds. The first-order chi connectivity index (χ1) is 14.4. The maximum Gasteiger partial charge on any atom is 0.163 e. The highest BCUT2D eigenvalue weighted by Crippen LogP contribution is 2.33. The van der Waals surface area contributed by atoms with E-state index in [0.29, 0.717) is 23.0 Å². The number of rotatable bonds is 5. The van der Waals surface area contributed by atoms with Crippen LogP contribution in [0.2, 0.25) is 0 Å². The van der Waals surface area contributed by atoms with Crippen LogP contribution in [0.4, 0.5) is 0 Å². The Morgan fingerprint density at radius 3 is 2.53 bits per heavy atom. The molecule has 1 N–H and O–H groups in total. The lowest BCUT2D eigenvalue weighted by atomic mass is 10.00. The Morgan fingerprint density at radius 2 is 1.87 bits per heavy atom. The van der Waals surface area contributed by atoms with Gasteiger partial charge in [0.2, 0.25) is 0 Å². The standard InChI is InChI=1S/C23H24N4O3/c1-14-10-16(8-9-26(14)3)23-17(15(2)28)6-7-22(25-23)27-13-24-18-11-20(29-4)21(30-5)12-19(18)27/h6-13,15,28H,1H2,2-5H3. The zero-order valence-corrected chi connectivity index (χ0v) is 17.5. The smallest absolute Gasteiger partial charge is 0.163 e. The summed E-state index contributed by atoms with van der Waals surface area (Å²) in [7, 11) is 5.13. The number of likely N-dealkylation sites (N-methyl/N-ethyl adjacent to an activating group) is 1. The summed E-state index contributed by atoms with van der Waals surface area (Å²) >= 11 is 0. The van der Waals surface area contributed by atoms with Gasteiger partial charge >= 0.3 is 0 Å². The molecule has 2 aromatic heterocycles. The molecule has 4 rings (SSSR count). The third-order valence-electron chi connectivity index (χ3n) is 5.19. The number of nitrogens with zero attached hydrogens (tertiary/aromatic N) is 4.